The minimum Gasteiger partial charge on any atom is -0.375 e. The molecule has 0 bridgehead atoms. The predicted octanol–water partition coefficient (Wildman–Crippen LogP) is 6.14. The number of hydrogen-bond donors (Lipinski definition) is 1. The highest BCUT2D eigenvalue weighted by Crippen LogP contribution is 2.47. The van der Waals surface area contributed by atoms with Crippen molar-refractivity contribution < 1.29 is 9.32 Å². The van der Waals surface area contributed by atoms with Gasteiger partial charge in [0.15, 0.2) is 0 Å². The maximum absolute atomic E-state index is 14.7. The molecule has 3 nitrogen and oxygen atoms in total. The number of rotatable bonds is 4. The van der Waals surface area contributed by atoms with E-state index in [1.54, 1.807) is 0 Å². The topological polar surface area (TPSA) is 49.7 Å². The maximum atomic E-state index is 14.7. The fourth-order valence-electron chi connectivity index (χ4n) is 4.00. The molecule has 0 spiro atoms. The third kappa shape index (κ3) is 3.21. The standard InChI is InChI=1S/C27H21NO2S/c29-27(22-13-4-1-5-14-22,23-15-6-2-7-16-23)26-20-21-12-10-11-19-25(21)28-31(26,30)24-17-8-3-9-18-24/h1-20,29H. The molecule has 1 aliphatic rings. The van der Waals surface area contributed by atoms with Gasteiger partial charge in [-0.1, -0.05) is 97.1 Å². The lowest BCUT2D eigenvalue weighted by atomic mass is 9.85. The van der Waals surface area contributed by atoms with Gasteiger partial charge < -0.3 is 5.11 Å². The second kappa shape index (κ2) is 7.65. The van der Waals surface area contributed by atoms with Crippen molar-refractivity contribution in [2.24, 2.45) is 4.36 Å². The summed E-state index contributed by atoms with van der Waals surface area (Å²) >= 11 is 0. The second-order valence-corrected chi connectivity index (χ2v) is 9.59. The molecule has 0 radical (unpaired) electrons. The molecule has 31 heavy (non-hydrogen) atoms. The van der Waals surface area contributed by atoms with Crippen molar-refractivity contribution in [3.05, 3.63) is 137 Å². The number of benzene rings is 4. The van der Waals surface area contributed by atoms with E-state index < -0.39 is 15.3 Å². The molecule has 4 aromatic carbocycles. The monoisotopic (exact) mass is 423 g/mol. The van der Waals surface area contributed by atoms with Gasteiger partial charge in [0, 0.05) is 5.56 Å². The van der Waals surface area contributed by atoms with Gasteiger partial charge in [0.1, 0.15) is 15.3 Å². The molecule has 0 fully saturated rings. The van der Waals surface area contributed by atoms with Crippen LogP contribution in [0.5, 0.6) is 0 Å². The first-order valence-corrected chi connectivity index (χ1v) is 11.6. The van der Waals surface area contributed by atoms with Crippen molar-refractivity contribution >= 4 is 21.5 Å². The van der Waals surface area contributed by atoms with E-state index in [4.69, 9.17) is 4.36 Å². The third-order valence-corrected chi connectivity index (χ3v) is 7.93. The minimum absolute atomic E-state index is 0.363. The average molecular weight is 424 g/mol. The molecular formula is C27H21NO2S. The Morgan fingerprint density at radius 1 is 0.645 bits per heavy atom. The van der Waals surface area contributed by atoms with Crippen LogP contribution in [0, 0.1) is 0 Å². The number of aliphatic hydroxyl groups is 1. The fraction of sp³-hybridized carbons (Fsp3) is 0.0370. The van der Waals surface area contributed by atoms with Gasteiger partial charge >= 0.3 is 0 Å². The molecular weight excluding hydrogens is 402 g/mol. The Morgan fingerprint density at radius 3 is 1.71 bits per heavy atom. The van der Waals surface area contributed by atoms with Gasteiger partial charge in [-0.3, -0.25) is 0 Å². The summed E-state index contributed by atoms with van der Waals surface area (Å²) in [6.45, 7) is 0. The Morgan fingerprint density at radius 2 is 1.13 bits per heavy atom. The Hall–Kier alpha value is -3.47. The molecule has 0 aromatic heterocycles. The van der Waals surface area contributed by atoms with E-state index in [9.17, 15) is 9.32 Å². The summed E-state index contributed by atoms with van der Waals surface area (Å²) in [7, 11) is -3.14. The fourth-order valence-corrected chi connectivity index (χ4v) is 6.35. The van der Waals surface area contributed by atoms with Gasteiger partial charge in [0.2, 0.25) is 0 Å². The lowest BCUT2D eigenvalue weighted by Gasteiger charge is -2.35. The summed E-state index contributed by atoms with van der Waals surface area (Å²) in [5.74, 6) is 0. The van der Waals surface area contributed by atoms with Crippen molar-refractivity contribution in [1.82, 2.24) is 0 Å². The first-order valence-electron chi connectivity index (χ1n) is 10.1. The van der Waals surface area contributed by atoms with E-state index in [-0.39, 0.29) is 0 Å². The molecule has 0 saturated carbocycles. The van der Waals surface area contributed by atoms with Crippen LogP contribution in [0.1, 0.15) is 16.7 Å². The largest absolute Gasteiger partial charge is 0.375 e. The second-order valence-electron chi connectivity index (χ2n) is 7.44. The molecule has 0 aliphatic carbocycles. The number of hydrogen-bond acceptors (Lipinski definition) is 3. The number of fused-ring (bicyclic) bond motifs is 1. The number of nitrogens with zero attached hydrogens (tertiary/aromatic N) is 1. The van der Waals surface area contributed by atoms with E-state index in [0.29, 0.717) is 26.6 Å². The van der Waals surface area contributed by atoms with Gasteiger partial charge in [0.25, 0.3) is 0 Å². The lowest BCUT2D eigenvalue weighted by molar-refractivity contribution is 0.130. The average Bonchev–Trinajstić information content (AvgIpc) is 2.85. The van der Waals surface area contributed by atoms with Gasteiger partial charge in [-0.25, -0.2) is 4.21 Å². The molecule has 1 unspecified atom stereocenters. The molecule has 1 atom stereocenters. The van der Waals surface area contributed by atoms with Gasteiger partial charge in [0.05, 0.1) is 15.5 Å². The van der Waals surface area contributed by atoms with E-state index in [1.165, 1.54) is 0 Å². The van der Waals surface area contributed by atoms with Crippen molar-refractivity contribution in [1.29, 1.82) is 0 Å². The summed E-state index contributed by atoms with van der Waals surface area (Å²) in [6.07, 6.45) is 1.84. The van der Waals surface area contributed by atoms with Crippen LogP contribution < -0.4 is 0 Å². The molecule has 5 rings (SSSR count). The summed E-state index contributed by atoms with van der Waals surface area (Å²) in [4.78, 5) is 0.934. The quantitative estimate of drug-likeness (QED) is 0.429. The first kappa shape index (κ1) is 19.5. The Kier molecular flexibility index (Phi) is 4.81. The Labute approximate surface area is 182 Å². The summed E-state index contributed by atoms with van der Waals surface area (Å²) in [5, 5.41) is 12.4. The van der Waals surface area contributed by atoms with Crippen molar-refractivity contribution in [3.63, 3.8) is 0 Å². The van der Waals surface area contributed by atoms with Gasteiger partial charge in [-0.05, 0) is 35.4 Å². The van der Waals surface area contributed by atoms with Crippen LogP contribution in [0.4, 0.5) is 5.69 Å². The molecule has 1 N–H and O–H groups in total. The minimum atomic E-state index is -3.14. The van der Waals surface area contributed by atoms with E-state index >= 15 is 0 Å². The Balaban J connectivity index is 1.88. The zero-order valence-electron chi connectivity index (χ0n) is 16.8. The molecule has 1 aliphatic heterocycles. The third-order valence-electron chi connectivity index (χ3n) is 5.55. The van der Waals surface area contributed by atoms with E-state index in [0.717, 1.165) is 5.56 Å². The van der Waals surface area contributed by atoms with Crippen LogP contribution in [0.3, 0.4) is 0 Å². The van der Waals surface area contributed by atoms with Crippen LogP contribution in [0.15, 0.2) is 129 Å². The van der Waals surface area contributed by atoms with Crippen LogP contribution in [0.25, 0.3) is 6.08 Å². The summed E-state index contributed by atoms with van der Waals surface area (Å²) < 4.78 is 19.4. The molecule has 152 valence electrons. The van der Waals surface area contributed by atoms with Crippen LogP contribution in [-0.2, 0) is 15.3 Å². The van der Waals surface area contributed by atoms with Crippen molar-refractivity contribution in [3.8, 4) is 0 Å². The summed E-state index contributed by atoms with van der Waals surface area (Å²) in [6, 6.07) is 35.5. The normalized spacial score (nSPS) is 17.9. The molecule has 0 amide bonds. The molecule has 1 heterocycles. The highest BCUT2D eigenvalue weighted by Gasteiger charge is 2.43. The molecule has 4 heteroatoms. The highest BCUT2D eigenvalue weighted by atomic mass is 32.2. The first-order chi connectivity index (χ1) is 15.1. The predicted molar refractivity (Wildman–Crippen MR) is 125 cm³/mol. The SMILES string of the molecule is O=S1(c2ccccc2)=Nc2ccccc2C=C1C(O)(c1ccccc1)c1ccccc1. The highest BCUT2D eigenvalue weighted by molar-refractivity contribution is 7.97. The van der Waals surface area contributed by atoms with Crippen molar-refractivity contribution in [2.45, 2.75) is 10.5 Å². The Bertz CT molecular complexity index is 1330. The zero-order chi connectivity index (χ0) is 21.3. The molecule has 0 saturated heterocycles. The zero-order valence-corrected chi connectivity index (χ0v) is 17.6. The van der Waals surface area contributed by atoms with Crippen LogP contribution in [0.2, 0.25) is 0 Å². The lowest BCUT2D eigenvalue weighted by Crippen LogP contribution is -2.34. The smallest absolute Gasteiger partial charge is 0.150 e. The maximum Gasteiger partial charge on any atom is 0.150 e. The van der Waals surface area contributed by atoms with Crippen molar-refractivity contribution in [2.75, 3.05) is 0 Å². The molecule has 4 aromatic rings. The van der Waals surface area contributed by atoms with Crippen LogP contribution in [-0.4, -0.2) is 9.32 Å². The van der Waals surface area contributed by atoms with Gasteiger partial charge in [-0.15, -0.1) is 0 Å². The summed E-state index contributed by atoms with van der Waals surface area (Å²) in [5.41, 5.74) is 1.16. The van der Waals surface area contributed by atoms with E-state index in [1.807, 2.05) is 121 Å². The van der Waals surface area contributed by atoms with E-state index in [2.05, 4.69) is 0 Å². The van der Waals surface area contributed by atoms with Gasteiger partial charge in [-0.2, -0.15) is 4.36 Å². The van der Waals surface area contributed by atoms with Crippen LogP contribution >= 0.6 is 0 Å².